The average Bonchev–Trinajstić information content (AvgIpc) is 2.62. The quantitative estimate of drug-likeness (QED) is 0.912. The van der Waals surface area contributed by atoms with Crippen molar-refractivity contribution in [1.29, 1.82) is 0 Å². The van der Waals surface area contributed by atoms with Gasteiger partial charge in [-0.2, -0.15) is 0 Å². The Balaban J connectivity index is 2.44. The lowest BCUT2D eigenvalue weighted by molar-refractivity contribution is -0.125. The lowest BCUT2D eigenvalue weighted by atomic mass is 10.1. The lowest BCUT2D eigenvalue weighted by Crippen LogP contribution is -2.32. The lowest BCUT2D eigenvalue weighted by Gasteiger charge is -2.18. The van der Waals surface area contributed by atoms with E-state index in [0.29, 0.717) is 10.6 Å². The number of carbonyl (C=O) groups is 1. The van der Waals surface area contributed by atoms with E-state index in [2.05, 4.69) is 4.99 Å². The Morgan fingerprint density at radius 3 is 2.77 bits per heavy atom. The van der Waals surface area contributed by atoms with E-state index in [1.165, 1.54) is 6.07 Å². The van der Waals surface area contributed by atoms with Crippen molar-refractivity contribution in [3.8, 4) is 0 Å². The van der Waals surface area contributed by atoms with E-state index in [9.17, 15) is 14.4 Å². The molecule has 4 nitrogen and oxygen atoms in total. The highest BCUT2D eigenvalue weighted by molar-refractivity contribution is 5.82. The largest absolute Gasteiger partial charge is 0.288 e. The highest BCUT2D eigenvalue weighted by atomic mass is 19.1. The van der Waals surface area contributed by atoms with Gasteiger partial charge in [0.1, 0.15) is 12.4 Å². The molecule has 0 aliphatic carbocycles. The van der Waals surface area contributed by atoms with Crippen LogP contribution in [0.2, 0.25) is 0 Å². The van der Waals surface area contributed by atoms with Gasteiger partial charge in [0, 0.05) is 10.8 Å². The molecule has 0 spiro atoms. The van der Waals surface area contributed by atoms with Crippen LogP contribution < -0.4 is 10.6 Å². The van der Waals surface area contributed by atoms with Gasteiger partial charge in [-0.3, -0.25) is 10.0 Å². The van der Waals surface area contributed by atoms with Crippen molar-refractivity contribution in [3.63, 3.8) is 0 Å². The Kier molecular flexibility index (Phi) is 3.73. The molecule has 0 aromatic heterocycles. The molecule has 1 aliphatic rings. The van der Waals surface area contributed by atoms with Gasteiger partial charge in [-0.25, -0.2) is 14.4 Å². The summed E-state index contributed by atoms with van der Waals surface area (Å²) in [5.41, 5.74) is 1.52. The summed E-state index contributed by atoms with van der Waals surface area (Å²) in [6.45, 7) is 1.69. The SMILES string of the molecule is CCc1ccc2c(c1)=C(c1ccccc1F)N(O)CC(=O)N=2. The normalized spacial score (nSPS) is 14.4. The van der Waals surface area contributed by atoms with Gasteiger partial charge in [-0.05, 0) is 36.2 Å². The molecule has 112 valence electrons. The molecule has 5 heteroatoms. The predicted molar refractivity (Wildman–Crippen MR) is 79.0 cm³/mol. The highest BCUT2D eigenvalue weighted by Crippen LogP contribution is 2.18. The van der Waals surface area contributed by atoms with Crippen molar-refractivity contribution in [1.82, 2.24) is 5.06 Å². The van der Waals surface area contributed by atoms with Crippen molar-refractivity contribution >= 4 is 11.6 Å². The van der Waals surface area contributed by atoms with Gasteiger partial charge in [0.2, 0.25) is 0 Å². The van der Waals surface area contributed by atoms with Crippen LogP contribution in [0.4, 0.5) is 4.39 Å². The van der Waals surface area contributed by atoms with Crippen LogP contribution in [-0.2, 0) is 11.2 Å². The molecule has 22 heavy (non-hydrogen) atoms. The number of fused-ring (bicyclic) bond motifs is 1. The molecule has 0 saturated heterocycles. The smallest absolute Gasteiger partial charge is 0.268 e. The van der Waals surface area contributed by atoms with E-state index in [-0.39, 0.29) is 17.8 Å². The van der Waals surface area contributed by atoms with Gasteiger partial charge >= 0.3 is 0 Å². The summed E-state index contributed by atoms with van der Waals surface area (Å²) in [6, 6.07) is 11.6. The van der Waals surface area contributed by atoms with Gasteiger partial charge in [0.05, 0.1) is 11.1 Å². The van der Waals surface area contributed by atoms with E-state index >= 15 is 0 Å². The predicted octanol–water partition coefficient (Wildman–Crippen LogP) is 1.40. The number of benzene rings is 2. The molecule has 0 fully saturated rings. The molecule has 1 N–H and O–H groups in total. The number of aryl methyl sites for hydroxylation is 1. The molecule has 1 amide bonds. The average molecular weight is 298 g/mol. The molecule has 2 aromatic carbocycles. The van der Waals surface area contributed by atoms with E-state index in [1.54, 1.807) is 24.3 Å². The summed E-state index contributed by atoms with van der Waals surface area (Å²) in [5.74, 6) is -0.932. The zero-order chi connectivity index (χ0) is 15.7. The molecule has 0 bridgehead atoms. The molecular formula is C17H15FN2O2. The van der Waals surface area contributed by atoms with Gasteiger partial charge in [-0.15, -0.1) is 0 Å². The van der Waals surface area contributed by atoms with Crippen LogP contribution in [-0.4, -0.2) is 22.7 Å². The van der Waals surface area contributed by atoms with Crippen molar-refractivity contribution in [2.24, 2.45) is 4.99 Å². The fraction of sp³-hybridized carbons (Fsp3) is 0.176. The second-order valence-corrected chi connectivity index (χ2v) is 5.10. The van der Waals surface area contributed by atoms with Gasteiger partial charge in [-0.1, -0.05) is 25.1 Å². The molecule has 3 rings (SSSR count). The van der Waals surface area contributed by atoms with Crippen molar-refractivity contribution in [3.05, 3.63) is 70.0 Å². The zero-order valence-corrected chi connectivity index (χ0v) is 12.1. The highest BCUT2D eigenvalue weighted by Gasteiger charge is 2.20. The maximum atomic E-state index is 14.2. The van der Waals surface area contributed by atoms with Crippen LogP contribution in [0.3, 0.4) is 0 Å². The summed E-state index contributed by atoms with van der Waals surface area (Å²) in [7, 11) is 0. The first-order valence-electron chi connectivity index (χ1n) is 7.06. The van der Waals surface area contributed by atoms with Crippen LogP contribution in [0.5, 0.6) is 0 Å². The molecular weight excluding hydrogens is 283 g/mol. The minimum atomic E-state index is -0.473. The van der Waals surface area contributed by atoms with Gasteiger partial charge in [0.25, 0.3) is 5.91 Å². The Morgan fingerprint density at radius 2 is 2.05 bits per heavy atom. The summed E-state index contributed by atoms with van der Waals surface area (Å²) < 4.78 is 14.2. The number of hydrogen-bond acceptors (Lipinski definition) is 3. The zero-order valence-electron chi connectivity index (χ0n) is 12.1. The van der Waals surface area contributed by atoms with E-state index in [4.69, 9.17) is 0 Å². The van der Waals surface area contributed by atoms with Crippen LogP contribution in [0.15, 0.2) is 47.5 Å². The summed E-state index contributed by atoms with van der Waals surface area (Å²) in [5, 5.41) is 12.0. The van der Waals surface area contributed by atoms with E-state index < -0.39 is 11.7 Å². The monoisotopic (exact) mass is 298 g/mol. The fourth-order valence-corrected chi connectivity index (χ4v) is 2.54. The Bertz CT molecular complexity index is 861. The third kappa shape index (κ3) is 2.51. The Labute approximate surface area is 126 Å². The molecule has 0 atom stereocenters. The maximum Gasteiger partial charge on any atom is 0.268 e. The molecule has 0 saturated carbocycles. The number of hydrogen-bond donors (Lipinski definition) is 1. The first kappa shape index (κ1) is 14.4. The van der Waals surface area contributed by atoms with Crippen LogP contribution in [0, 0.1) is 5.82 Å². The number of rotatable bonds is 2. The molecule has 2 aromatic rings. The second-order valence-electron chi connectivity index (χ2n) is 5.10. The van der Waals surface area contributed by atoms with Crippen LogP contribution >= 0.6 is 0 Å². The number of halogens is 1. The Morgan fingerprint density at radius 1 is 1.27 bits per heavy atom. The fourth-order valence-electron chi connectivity index (χ4n) is 2.54. The first-order valence-corrected chi connectivity index (χ1v) is 7.06. The Hall–Kier alpha value is -2.53. The van der Waals surface area contributed by atoms with E-state index in [1.807, 2.05) is 19.1 Å². The van der Waals surface area contributed by atoms with E-state index in [0.717, 1.165) is 17.0 Å². The van der Waals surface area contributed by atoms with Crippen molar-refractivity contribution in [2.75, 3.05) is 6.54 Å². The first-order chi connectivity index (χ1) is 10.6. The maximum absolute atomic E-state index is 14.2. The summed E-state index contributed by atoms with van der Waals surface area (Å²) in [6.07, 6.45) is 0.789. The minimum Gasteiger partial charge on any atom is -0.288 e. The third-order valence-electron chi connectivity index (χ3n) is 3.64. The van der Waals surface area contributed by atoms with Crippen LogP contribution in [0.1, 0.15) is 18.1 Å². The number of nitrogens with zero attached hydrogens (tertiary/aromatic N) is 2. The number of hydroxylamine groups is 2. The summed E-state index contributed by atoms with van der Waals surface area (Å²) in [4.78, 5) is 15.8. The topological polar surface area (TPSA) is 52.9 Å². The third-order valence-corrected chi connectivity index (χ3v) is 3.64. The molecule has 1 aliphatic heterocycles. The standard InChI is InChI=1S/C17H15FN2O2/c1-2-11-7-8-15-13(9-11)17(20(22)10-16(21)19-15)12-5-3-4-6-14(12)18/h3-9,22H,2,10H2,1H3. The second kappa shape index (κ2) is 5.69. The molecule has 0 radical (unpaired) electrons. The van der Waals surface area contributed by atoms with Crippen molar-refractivity contribution in [2.45, 2.75) is 13.3 Å². The van der Waals surface area contributed by atoms with Gasteiger partial charge < -0.3 is 0 Å². The molecule has 1 heterocycles. The minimum absolute atomic E-state index is 0.240. The number of carbonyl (C=O) groups excluding carboxylic acids is 1. The molecule has 0 unspecified atom stereocenters. The summed E-state index contributed by atoms with van der Waals surface area (Å²) >= 11 is 0. The number of amides is 1. The van der Waals surface area contributed by atoms with Crippen LogP contribution in [0.25, 0.3) is 5.70 Å². The van der Waals surface area contributed by atoms with Crippen molar-refractivity contribution < 1.29 is 14.4 Å². The van der Waals surface area contributed by atoms with Gasteiger partial charge in [0.15, 0.2) is 0 Å².